The zero-order valence-electron chi connectivity index (χ0n) is 10.7. The Morgan fingerprint density at radius 2 is 2.00 bits per heavy atom. The Kier molecular flexibility index (Phi) is 4.86. The summed E-state index contributed by atoms with van der Waals surface area (Å²) in [6.45, 7) is 0. The molecule has 0 saturated carbocycles. The van der Waals surface area contributed by atoms with E-state index in [1.54, 1.807) is 35.8 Å². The molecule has 106 valence electrons. The second-order valence-corrected chi connectivity index (χ2v) is 7.29. The Morgan fingerprint density at radius 3 is 2.65 bits per heavy atom. The highest BCUT2D eigenvalue weighted by Gasteiger charge is 2.15. The minimum absolute atomic E-state index is 0.0433. The number of hydrogen-bond donors (Lipinski definition) is 1. The van der Waals surface area contributed by atoms with E-state index in [9.17, 15) is 13.2 Å². The summed E-state index contributed by atoms with van der Waals surface area (Å²) in [6, 6.07) is 8.93. The number of anilines is 1. The molecule has 0 aliphatic carbocycles. The fraction of sp³-hybridized carbons (Fsp3) is 0.231. The van der Waals surface area contributed by atoms with Crippen molar-refractivity contribution in [1.82, 2.24) is 4.98 Å². The van der Waals surface area contributed by atoms with Crippen LogP contribution in [0.4, 0.5) is 5.13 Å². The first-order valence-corrected chi connectivity index (χ1v) is 8.69. The van der Waals surface area contributed by atoms with Crippen molar-refractivity contribution in [2.45, 2.75) is 12.2 Å². The van der Waals surface area contributed by atoms with Gasteiger partial charge in [-0.15, -0.1) is 11.3 Å². The van der Waals surface area contributed by atoms with Crippen molar-refractivity contribution in [2.24, 2.45) is 0 Å². The van der Waals surface area contributed by atoms with E-state index in [0.29, 0.717) is 5.13 Å². The Balaban J connectivity index is 1.84. The molecular weight excluding hydrogens is 296 g/mol. The van der Waals surface area contributed by atoms with Crippen molar-refractivity contribution >= 4 is 32.2 Å². The summed E-state index contributed by atoms with van der Waals surface area (Å²) in [6.07, 6.45) is 1.52. The quantitative estimate of drug-likeness (QED) is 0.886. The minimum Gasteiger partial charge on any atom is -0.302 e. The van der Waals surface area contributed by atoms with Gasteiger partial charge in [0.2, 0.25) is 5.91 Å². The molecule has 2 rings (SSSR count). The van der Waals surface area contributed by atoms with Gasteiger partial charge in [-0.3, -0.25) is 4.79 Å². The lowest BCUT2D eigenvalue weighted by atomic mass is 10.2. The average Bonchev–Trinajstić information content (AvgIpc) is 2.90. The van der Waals surface area contributed by atoms with E-state index < -0.39 is 9.84 Å². The topological polar surface area (TPSA) is 76.1 Å². The van der Waals surface area contributed by atoms with Gasteiger partial charge in [0.1, 0.15) is 0 Å². The number of nitrogens with one attached hydrogen (secondary N) is 1. The SMILES string of the molecule is O=C(CCS(=O)(=O)Cc1ccccc1)Nc1nccs1. The van der Waals surface area contributed by atoms with E-state index in [1.165, 1.54) is 11.3 Å². The van der Waals surface area contributed by atoms with Crippen LogP contribution in [0.5, 0.6) is 0 Å². The third kappa shape index (κ3) is 4.75. The third-order valence-corrected chi connectivity index (χ3v) is 4.84. The molecule has 7 heteroatoms. The Bertz CT molecular complexity index is 652. The lowest BCUT2D eigenvalue weighted by Crippen LogP contribution is -2.18. The molecule has 0 bridgehead atoms. The molecule has 0 spiro atoms. The number of benzene rings is 1. The number of thiazole rings is 1. The summed E-state index contributed by atoms with van der Waals surface area (Å²) < 4.78 is 23.8. The molecule has 1 N–H and O–H groups in total. The molecule has 0 fully saturated rings. The van der Waals surface area contributed by atoms with Crippen LogP contribution in [0.25, 0.3) is 0 Å². The molecule has 0 radical (unpaired) electrons. The molecule has 1 heterocycles. The lowest BCUT2D eigenvalue weighted by Gasteiger charge is -2.04. The molecule has 20 heavy (non-hydrogen) atoms. The lowest BCUT2D eigenvalue weighted by molar-refractivity contribution is -0.115. The number of aromatic nitrogens is 1. The number of carbonyl (C=O) groups is 1. The van der Waals surface area contributed by atoms with Crippen molar-refractivity contribution in [3.8, 4) is 0 Å². The number of rotatable bonds is 6. The van der Waals surface area contributed by atoms with Gasteiger partial charge < -0.3 is 5.32 Å². The van der Waals surface area contributed by atoms with Crippen LogP contribution in [0.15, 0.2) is 41.9 Å². The van der Waals surface area contributed by atoms with Gasteiger partial charge in [-0.05, 0) is 5.56 Å². The van der Waals surface area contributed by atoms with Crippen molar-refractivity contribution in [1.29, 1.82) is 0 Å². The van der Waals surface area contributed by atoms with Crippen LogP contribution < -0.4 is 5.32 Å². The van der Waals surface area contributed by atoms with Crippen LogP contribution in [0.3, 0.4) is 0 Å². The maximum atomic E-state index is 11.9. The van der Waals surface area contributed by atoms with Gasteiger partial charge in [-0.1, -0.05) is 30.3 Å². The monoisotopic (exact) mass is 310 g/mol. The highest BCUT2D eigenvalue weighted by Crippen LogP contribution is 2.11. The Hall–Kier alpha value is -1.73. The molecular formula is C13H14N2O3S2. The van der Waals surface area contributed by atoms with Crippen LogP contribution in [0.1, 0.15) is 12.0 Å². The van der Waals surface area contributed by atoms with Crippen LogP contribution >= 0.6 is 11.3 Å². The van der Waals surface area contributed by atoms with E-state index in [-0.39, 0.29) is 23.8 Å². The van der Waals surface area contributed by atoms with Crippen molar-refractivity contribution in [2.75, 3.05) is 11.1 Å². The average molecular weight is 310 g/mol. The van der Waals surface area contributed by atoms with Crippen molar-refractivity contribution in [3.05, 3.63) is 47.5 Å². The molecule has 0 aliphatic heterocycles. The molecule has 0 unspecified atom stereocenters. The van der Waals surface area contributed by atoms with Crippen molar-refractivity contribution < 1.29 is 13.2 Å². The number of sulfone groups is 1. The Labute approximate surface area is 121 Å². The summed E-state index contributed by atoms with van der Waals surface area (Å²) in [7, 11) is -3.29. The maximum absolute atomic E-state index is 11.9. The zero-order chi connectivity index (χ0) is 14.4. The summed E-state index contributed by atoms with van der Waals surface area (Å²) in [5, 5.41) is 4.78. The first-order valence-electron chi connectivity index (χ1n) is 5.99. The standard InChI is InChI=1S/C13H14N2O3S2/c16-12(15-13-14-7-8-19-13)6-9-20(17,18)10-11-4-2-1-3-5-11/h1-5,7-8H,6,9-10H2,(H,14,15,16). The minimum atomic E-state index is -3.29. The van der Waals surface area contributed by atoms with Crippen LogP contribution in [-0.4, -0.2) is 25.1 Å². The van der Waals surface area contributed by atoms with Gasteiger partial charge in [0.15, 0.2) is 15.0 Å². The molecule has 1 amide bonds. The van der Waals surface area contributed by atoms with E-state index in [4.69, 9.17) is 0 Å². The van der Waals surface area contributed by atoms with Crippen LogP contribution in [-0.2, 0) is 20.4 Å². The summed E-state index contributed by atoms with van der Waals surface area (Å²) in [5.74, 6) is -0.547. The molecule has 0 saturated heterocycles. The maximum Gasteiger partial charge on any atom is 0.227 e. The van der Waals surface area contributed by atoms with E-state index in [1.807, 2.05) is 6.07 Å². The summed E-state index contributed by atoms with van der Waals surface area (Å²) in [5.41, 5.74) is 0.729. The number of nitrogens with zero attached hydrogens (tertiary/aromatic N) is 1. The van der Waals surface area contributed by atoms with E-state index >= 15 is 0 Å². The number of carbonyl (C=O) groups excluding carboxylic acids is 1. The van der Waals surface area contributed by atoms with Gasteiger partial charge in [0.25, 0.3) is 0 Å². The van der Waals surface area contributed by atoms with Crippen LogP contribution in [0, 0.1) is 0 Å². The fourth-order valence-electron chi connectivity index (χ4n) is 1.62. The predicted octanol–water partition coefficient (Wildman–Crippen LogP) is 2.09. The van der Waals surface area contributed by atoms with Gasteiger partial charge in [0, 0.05) is 18.0 Å². The summed E-state index contributed by atoms with van der Waals surface area (Å²) >= 11 is 1.29. The second kappa shape index (κ2) is 6.62. The Morgan fingerprint density at radius 1 is 1.25 bits per heavy atom. The van der Waals surface area contributed by atoms with E-state index in [2.05, 4.69) is 10.3 Å². The predicted molar refractivity (Wildman–Crippen MR) is 79.3 cm³/mol. The molecule has 0 atom stereocenters. The molecule has 0 aliphatic rings. The van der Waals surface area contributed by atoms with Crippen LogP contribution in [0.2, 0.25) is 0 Å². The molecule has 1 aromatic carbocycles. The highest BCUT2D eigenvalue weighted by atomic mass is 32.2. The van der Waals surface area contributed by atoms with Gasteiger partial charge in [-0.25, -0.2) is 13.4 Å². The number of amides is 1. The number of hydrogen-bond acceptors (Lipinski definition) is 5. The first kappa shape index (κ1) is 14.7. The summed E-state index contributed by atoms with van der Waals surface area (Å²) in [4.78, 5) is 15.5. The first-order chi connectivity index (χ1) is 9.55. The zero-order valence-corrected chi connectivity index (χ0v) is 12.3. The highest BCUT2D eigenvalue weighted by molar-refractivity contribution is 7.90. The van der Waals surface area contributed by atoms with Gasteiger partial charge in [0.05, 0.1) is 11.5 Å². The van der Waals surface area contributed by atoms with E-state index in [0.717, 1.165) is 5.56 Å². The van der Waals surface area contributed by atoms with Crippen molar-refractivity contribution in [3.63, 3.8) is 0 Å². The molecule has 2 aromatic rings. The van der Waals surface area contributed by atoms with Gasteiger partial charge in [-0.2, -0.15) is 0 Å². The largest absolute Gasteiger partial charge is 0.302 e. The second-order valence-electron chi connectivity index (χ2n) is 4.21. The fourth-order valence-corrected chi connectivity index (χ4v) is 3.50. The normalized spacial score (nSPS) is 11.2. The smallest absolute Gasteiger partial charge is 0.227 e. The third-order valence-electron chi connectivity index (χ3n) is 2.55. The molecule has 5 nitrogen and oxygen atoms in total. The molecule has 1 aromatic heterocycles. The van der Waals surface area contributed by atoms with Gasteiger partial charge >= 0.3 is 0 Å².